The number of aromatic nitrogens is 3. The Morgan fingerprint density at radius 1 is 1.10 bits per heavy atom. The normalized spacial score (nSPS) is 21.7. The van der Waals surface area contributed by atoms with Crippen molar-refractivity contribution >= 4 is 40.4 Å². The molecule has 2 aromatic heterocycles. The first-order valence-electron chi connectivity index (χ1n) is 13.2. The van der Waals surface area contributed by atoms with Crippen LogP contribution >= 0.6 is 0 Å². The van der Waals surface area contributed by atoms with Gasteiger partial charge in [0.15, 0.2) is 5.65 Å². The van der Waals surface area contributed by atoms with E-state index in [1.54, 1.807) is 17.2 Å². The number of amides is 3. The van der Waals surface area contributed by atoms with Gasteiger partial charge in [0.05, 0.1) is 25.0 Å². The molecule has 0 radical (unpaired) electrons. The lowest BCUT2D eigenvalue weighted by molar-refractivity contribution is -0.149. The molecule has 214 valence electrons. The minimum Gasteiger partial charge on any atom is -0.480 e. The summed E-state index contributed by atoms with van der Waals surface area (Å²) in [5, 5.41) is 16.8. The van der Waals surface area contributed by atoms with Crippen LogP contribution in [0.1, 0.15) is 29.6 Å². The van der Waals surface area contributed by atoms with E-state index in [4.69, 9.17) is 0 Å². The van der Waals surface area contributed by atoms with Crippen molar-refractivity contribution in [1.82, 2.24) is 29.9 Å². The Hall–Kier alpha value is -4.62. The molecule has 3 fully saturated rings. The van der Waals surface area contributed by atoms with Crippen LogP contribution < -0.4 is 4.90 Å². The molecule has 0 aliphatic carbocycles. The number of hydrogen-bond acceptors (Lipinski definition) is 7. The average Bonchev–Trinajstić information content (AvgIpc) is 3.64. The van der Waals surface area contributed by atoms with Crippen LogP contribution in [0.25, 0.3) is 11.0 Å². The third-order valence-corrected chi connectivity index (χ3v) is 8.20. The van der Waals surface area contributed by atoms with Crippen molar-refractivity contribution in [3.05, 3.63) is 54.4 Å². The molecule has 41 heavy (non-hydrogen) atoms. The molecule has 5 heterocycles. The Bertz CT molecular complexity index is 1520. The van der Waals surface area contributed by atoms with Crippen molar-refractivity contribution in [2.75, 3.05) is 37.7 Å². The Morgan fingerprint density at radius 3 is 2.54 bits per heavy atom. The fourth-order valence-electron chi connectivity index (χ4n) is 6.09. The lowest BCUT2D eigenvalue weighted by Gasteiger charge is -2.43. The van der Waals surface area contributed by atoms with Crippen LogP contribution in [0.3, 0.4) is 0 Å². The molecule has 2 N–H and O–H groups in total. The second-order valence-electron chi connectivity index (χ2n) is 10.7. The minimum absolute atomic E-state index is 0.0194. The molecule has 3 aliphatic heterocycles. The summed E-state index contributed by atoms with van der Waals surface area (Å²) in [4.78, 5) is 61.6. The van der Waals surface area contributed by atoms with Crippen molar-refractivity contribution in [3.8, 4) is 0 Å². The second kappa shape index (κ2) is 9.78. The largest absolute Gasteiger partial charge is 0.480 e. The van der Waals surface area contributed by atoms with Crippen LogP contribution in [0.2, 0.25) is 0 Å². The fourth-order valence-corrected chi connectivity index (χ4v) is 6.09. The van der Waals surface area contributed by atoms with Crippen LogP contribution in [0, 0.1) is 0 Å². The smallest absolute Gasteiger partial charge is 0.326 e. The van der Waals surface area contributed by atoms with Crippen molar-refractivity contribution in [3.63, 3.8) is 0 Å². The third-order valence-electron chi connectivity index (χ3n) is 8.20. The zero-order valence-corrected chi connectivity index (χ0v) is 21.9. The monoisotopic (exact) mass is 567 g/mol. The number of aliphatic carboxylic acids is 1. The maximum atomic E-state index is 14.0. The van der Waals surface area contributed by atoms with Crippen molar-refractivity contribution in [2.45, 2.75) is 36.8 Å². The highest BCUT2D eigenvalue weighted by Crippen LogP contribution is 2.40. The summed E-state index contributed by atoms with van der Waals surface area (Å²) >= 11 is 0. The third kappa shape index (κ3) is 4.62. The number of alkyl halides is 2. The highest BCUT2D eigenvalue weighted by molar-refractivity contribution is 5.99. The van der Waals surface area contributed by atoms with E-state index in [-0.39, 0.29) is 44.4 Å². The minimum atomic E-state index is -3.32. The second-order valence-corrected chi connectivity index (χ2v) is 10.7. The number of aromatic amines is 1. The average molecular weight is 568 g/mol. The summed E-state index contributed by atoms with van der Waals surface area (Å²) in [6, 6.07) is 9.21. The molecule has 3 aliphatic rings. The van der Waals surface area contributed by atoms with E-state index in [0.717, 1.165) is 5.69 Å². The highest BCUT2D eigenvalue weighted by Gasteiger charge is 2.56. The standard InChI is InChI=1S/C27H27F2N7O5/c28-27(29)11-20(24(39)40)35(15-27)21(37)14-34-16-36(19-4-2-1-3-5-19)26(25(34)41)6-8-33(9-7-26)23(38)18-10-17-13-31-32-22(17)30-12-18/h1-5,10,12-13,20H,6-9,11,14-16H2,(H,39,40)(H,30,31,32). The van der Waals surface area contributed by atoms with Gasteiger partial charge in [-0.1, -0.05) is 18.2 Å². The number of nitrogens with one attached hydrogen (secondary N) is 1. The number of fused-ring (bicyclic) bond motifs is 1. The number of carboxylic acids is 1. The molecule has 0 bridgehead atoms. The molecule has 0 saturated carbocycles. The van der Waals surface area contributed by atoms with E-state index in [2.05, 4.69) is 15.2 Å². The summed E-state index contributed by atoms with van der Waals surface area (Å²) in [5.74, 6) is -6.26. The lowest BCUT2D eigenvalue weighted by atomic mass is 9.85. The molecule has 3 saturated heterocycles. The number of carboxylic acid groups (broad SMARTS) is 1. The number of halogens is 2. The van der Waals surface area contributed by atoms with Gasteiger partial charge in [0.2, 0.25) is 5.91 Å². The first kappa shape index (κ1) is 26.6. The highest BCUT2D eigenvalue weighted by atomic mass is 19.3. The Balaban J connectivity index is 1.22. The predicted octanol–water partition coefficient (Wildman–Crippen LogP) is 1.56. The number of anilines is 1. The summed E-state index contributed by atoms with van der Waals surface area (Å²) in [7, 11) is 0. The molecule has 1 spiro atoms. The van der Waals surface area contributed by atoms with Crippen LogP contribution in [-0.2, 0) is 14.4 Å². The van der Waals surface area contributed by atoms with Crippen LogP contribution in [0.5, 0.6) is 0 Å². The van der Waals surface area contributed by atoms with Gasteiger partial charge in [-0.2, -0.15) is 5.10 Å². The maximum Gasteiger partial charge on any atom is 0.326 e. The Kier molecular flexibility index (Phi) is 6.35. The molecule has 3 aromatic rings. The number of carbonyl (C=O) groups is 4. The lowest BCUT2D eigenvalue weighted by Crippen LogP contribution is -2.57. The molecule has 1 unspecified atom stereocenters. The zero-order valence-electron chi connectivity index (χ0n) is 21.9. The Labute approximate surface area is 232 Å². The van der Waals surface area contributed by atoms with Gasteiger partial charge in [0.1, 0.15) is 18.1 Å². The number of carbonyl (C=O) groups excluding carboxylic acids is 3. The van der Waals surface area contributed by atoms with Crippen LogP contribution in [-0.4, -0.2) is 109 Å². The van der Waals surface area contributed by atoms with Gasteiger partial charge in [-0.15, -0.1) is 0 Å². The number of rotatable bonds is 5. The number of nitrogens with zero attached hydrogens (tertiary/aromatic N) is 6. The van der Waals surface area contributed by atoms with Gasteiger partial charge in [0, 0.05) is 36.8 Å². The van der Waals surface area contributed by atoms with Gasteiger partial charge in [0.25, 0.3) is 17.7 Å². The summed E-state index contributed by atoms with van der Waals surface area (Å²) < 4.78 is 28.0. The molecule has 12 nitrogen and oxygen atoms in total. The molecular weight excluding hydrogens is 540 g/mol. The van der Waals surface area contributed by atoms with Gasteiger partial charge in [-0.25, -0.2) is 18.6 Å². The first-order valence-corrected chi connectivity index (χ1v) is 13.2. The van der Waals surface area contributed by atoms with Crippen LogP contribution in [0.15, 0.2) is 48.8 Å². The van der Waals surface area contributed by atoms with Gasteiger partial charge < -0.3 is 24.7 Å². The van der Waals surface area contributed by atoms with E-state index < -0.39 is 48.9 Å². The molecule has 14 heteroatoms. The molecule has 1 atom stereocenters. The number of benzene rings is 1. The summed E-state index contributed by atoms with van der Waals surface area (Å²) in [5.41, 5.74) is 0.638. The van der Waals surface area contributed by atoms with E-state index in [9.17, 15) is 33.1 Å². The zero-order chi connectivity index (χ0) is 28.9. The summed E-state index contributed by atoms with van der Waals surface area (Å²) in [6.45, 7) is -0.986. The van der Waals surface area contributed by atoms with Gasteiger partial charge in [-0.05, 0) is 31.0 Å². The topological polar surface area (TPSA) is 143 Å². The van der Waals surface area contributed by atoms with Crippen molar-refractivity contribution in [1.29, 1.82) is 0 Å². The number of hydrogen-bond donors (Lipinski definition) is 2. The number of piperidine rings is 1. The van der Waals surface area contributed by atoms with Crippen molar-refractivity contribution in [2.24, 2.45) is 0 Å². The van der Waals surface area contributed by atoms with Crippen molar-refractivity contribution < 1.29 is 33.1 Å². The number of para-hydroxylation sites is 1. The predicted molar refractivity (Wildman–Crippen MR) is 140 cm³/mol. The molecule has 6 rings (SSSR count). The summed E-state index contributed by atoms with van der Waals surface area (Å²) in [6.07, 6.45) is 2.64. The molecule has 1 aromatic carbocycles. The number of likely N-dealkylation sites (tertiary alicyclic amines) is 2. The quantitative estimate of drug-likeness (QED) is 0.473. The number of pyridine rings is 1. The first-order chi connectivity index (χ1) is 19.6. The van der Waals surface area contributed by atoms with Gasteiger partial charge in [-0.3, -0.25) is 19.5 Å². The molecular formula is C27H27F2N7O5. The van der Waals surface area contributed by atoms with E-state index in [1.807, 2.05) is 35.2 Å². The van der Waals surface area contributed by atoms with Crippen LogP contribution in [0.4, 0.5) is 14.5 Å². The maximum absolute atomic E-state index is 14.0. The molecule has 3 amide bonds. The SMILES string of the molecule is O=C(O)C1CC(F)(F)CN1C(=O)CN1CN(c2ccccc2)C2(CCN(C(=O)c3cnc4[nH]ncc4c3)CC2)C1=O. The van der Waals surface area contributed by atoms with E-state index >= 15 is 0 Å². The van der Waals surface area contributed by atoms with E-state index in [1.165, 1.54) is 11.1 Å². The van der Waals surface area contributed by atoms with E-state index in [0.29, 0.717) is 21.5 Å². The van der Waals surface area contributed by atoms with Gasteiger partial charge >= 0.3 is 5.97 Å². The fraction of sp³-hybridized carbons (Fsp3) is 0.407. The number of H-pyrrole nitrogens is 1. The Morgan fingerprint density at radius 2 is 1.83 bits per heavy atom.